The maximum atomic E-state index is 13.5. The SMILES string of the molecule is CC[C@H]1Cn2c(C(=O)N3CCN(Cc4ccc5c(c4)OCO5)CC3)cc3cccc(c32)O1. The first-order chi connectivity index (χ1) is 15.7. The fourth-order valence-corrected chi connectivity index (χ4v) is 4.95. The number of ether oxygens (including phenoxy) is 3. The summed E-state index contributed by atoms with van der Waals surface area (Å²) in [4.78, 5) is 17.9. The molecule has 1 aromatic heterocycles. The van der Waals surface area contributed by atoms with E-state index in [0.29, 0.717) is 6.79 Å². The number of benzene rings is 2. The van der Waals surface area contributed by atoms with Gasteiger partial charge in [-0.15, -0.1) is 0 Å². The second-order valence-electron chi connectivity index (χ2n) is 8.74. The molecule has 0 aliphatic carbocycles. The topological polar surface area (TPSA) is 56.2 Å². The molecular weight excluding hydrogens is 406 g/mol. The zero-order valence-electron chi connectivity index (χ0n) is 18.3. The number of hydrogen-bond acceptors (Lipinski definition) is 5. The Kier molecular flexibility index (Phi) is 4.72. The lowest BCUT2D eigenvalue weighted by Gasteiger charge is -2.35. The molecule has 0 spiro atoms. The minimum absolute atomic E-state index is 0.102. The highest BCUT2D eigenvalue weighted by molar-refractivity contribution is 6.00. The maximum Gasteiger partial charge on any atom is 0.270 e. The predicted molar refractivity (Wildman–Crippen MR) is 120 cm³/mol. The highest BCUT2D eigenvalue weighted by Gasteiger charge is 2.29. The lowest BCUT2D eigenvalue weighted by molar-refractivity contribution is 0.0613. The number of aromatic nitrogens is 1. The average molecular weight is 434 g/mol. The van der Waals surface area contributed by atoms with Crippen molar-refractivity contribution in [1.29, 1.82) is 0 Å². The molecule has 0 N–H and O–H groups in total. The van der Waals surface area contributed by atoms with Crippen molar-refractivity contribution in [1.82, 2.24) is 14.4 Å². The summed E-state index contributed by atoms with van der Waals surface area (Å²) in [6.45, 7) is 7.15. The predicted octanol–water partition coefficient (Wildman–Crippen LogP) is 3.50. The van der Waals surface area contributed by atoms with E-state index in [2.05, 4.69) is 34.6 Å². The highest BCUT2D eigenvalue weighted by Crippen LogP contribution is 2.35. The third kappa shape index (κ3) is 3.28. The first-order valence-corrected chi connectivity index (χ1v) is 11.4. The standard InChI is InChI=1S/C25H27N3O4/c1-2-19-15-28-20(13-18-4-3-5-22(32-19)24(18)28)25(29)27-10-8-26(9-11-27)14-17-6-7-21-23(12-17)31-16-30-21/h3-7,12-13,19H,2,8-11,14-16H2,1H3/t19-/m0/s1. The highest BCUT2D eigenvalue weighted by atomic mass is 16.7. The third-order valence-electron chi connectivity index (χ3n) is 6.74. The molecule has 1 amide bonds. The van der Waals surface area contributed by atoms with Gasteiger partial charge in [-0.25, -0.2) is 0 Å². The van der Waals surface area contributed by atoms with Crippen molar-refractivity contribution < 1.29 is 19.0 Å². The van der Waals surface area contributed by atoms with Crippen LogP contribution in [0.15, 0.2) is 42.5 Å². The molecular formula is C25H27N3O4. The number of piperazine rings is 1. The molecule has 2 aromatic carbocycles. The van der Waals surface area contributed by atoms with E-state index in [1.54, 1.807) is 0 Å². The molecule has 7 nitrogen and oxygen atoms in total. The van der Waals surface area contributed by atoms with Gasteiger partial charge in [-0.1, -0.05) is 25.1 Å². The van der Waals surface area contributed by atoms with Crippen LogP contribution >= 0.6 is 0 Å². The van der Waals surface area contributed by atoms with Gasteiger partial charge < -0.3 is 23.7 Å². The lowest BCUT2D eigenvalue weighted by Crippen LogP contribution is -2.48. The Morgan fingerprint density at radius 1 is 1.00 bits per heavy atom. The number of rotatable bonds is 4. The lowest BCUT2D eigenvalue weighted by atomic mass is 10.1. The van der Waals surface area contributed by atoms with Crippen LogP contribution in [0.3, 0.4) is 0 Å². The summed E-state index contributed by atoms with van der Waals surface area (Å²) in [7, 11) is 0. The van der Waals surface area contributed by atoms with Gasteiger partial charge in [0.2, 0.25) is 6.79 Å². The van der Waals surface area contributed by atoms with Gasteiger partial charge in [0.25, 0.3) is 5.91 Å². The van der Waals surface area contributed by atoms with Gasteiger partial charge in [-0.2, -0.15) is 0 Å². The van der Waals surface area contributed by atoms with Crippen molar-refractivity contribution in [2.24, 2.45) is 0 Å². The average Bonchev–Trinajstić information content (AvgIpc) is 3.44. The van der Waals surface area contributed by atoms with Gasteiger partial charge in [0.15, 0.2) is 11.5 Å². The van der Waals surface area contributed by atoms with Crippen LogP contribution in [0.1, 0.15) is 29.4 Å². The van der Waals surface area contributed by atoms with Crippen LogP contribution in [0.25, 0.3) is 10.9 Å². The number of carbonyl (C=O) groups is 1. The number of amides is 1. The second kappa shape index (κ2) is 7.74. The van der Waals surface area contributed by atoms with E-state index in [1.165, 1.54) is 5.56 Å². The van der Waals surface area contributed by atoms with Gasteiger partial charge in [-0.05, 0) is 36.2 Å². The van der Waals surface area contributed by atoms with E-state index in [-0.39, 0.29) is 12.0 Å². The molecule has 32 heavy (non-hydrogen) atoms. The summed E-state index contributed by atoms with van der Waals surface area (Å²) in [5.74, 6) is 2.63. The fraction of sp³-hybridized carbons (Fsp3) is 0.400. The molecule has 6 rings (SSSR count). The third-order valence-corrected chi connectivity index (χ3v) is 6.74. The molecule has 3 aliphatic heterocycles. The van der Waals surface area contributed by atoms with Crippen molar-refractivity contribution >= 4 is 16.8 Å². The molecule has 1 atom stereocenters. The van der Waals surface area contributed by atoms with Crippen LogP contribution in [0.5, 0.6) is 17.2 Å². The molecule has 0 unspecified atom stereocenters. The van der Waals surface area contributed by atoms with E-state index in [4.69, 9.17) is 14.2 Å². The number of hydrogen-bond donors (Lipinski definition) is 0. The van der Waals surface area contributed by atoms with Crippen LogP contribution < -0.4 is 14.2 Å². The molecule has 4 heterocycles. The first-order valence-electron chi connectivity index (χ1n) is 11.4. The van der Waals surface area contributed by atoms with Crippen LogP contribution in [-0.2, 0) is 13.1 Å². The van der Waals surface area contributed by atoms with Gasteiger partial charge >= 0.3 is 0 Å². The summed E-state index contributed by atoms with van der Waals surface area (Å²) >= 11 is 0. The molecule has 3 aromatic rings. The monoisotopic (exact) mass is 433 g/mol. The summed E-state index contributed by atoms with van der Waals surface area (Å²) in [5.41, 5.74) is 3.02. The normalized spacial score (nSPS) is 19.9. The zero-order chi connectivity index (χ0) is 21.7. The van der Waals surface area contributed by atoms with E-state index in [1.807, 2.05) is 29.2 Å². The number of carbonyl (C=O) groups excluding carboxylic acids is 1. The minimum atomic E-state index is 0.102. The summed E-state index contributed by atoms with van der Waals surface area (Å²) in [6, 6.07) is 14.2. The van der Waals surface area contributed by atoms with Gasteiger partial charge in [0.1, 0.15) is 17.5 Å². The van der Waals surface area contributed by atoms with Crippen molar-refractivity contribution in [3.63, 3.8) is 0 Å². The van der Waals surface area contributed by atoms with E-state index in [0.717, 1.165) is 79.5 Å². The van der Waals surface area contributed by atoms with E-state index < -0.39 is 0 Å². The first kappa shape index (κ1) is 19.5. The molecule has 0 radical (unpaired) electrons. The van der Waals surface area contributed by atoms with Crippen molar-refractivity contribution in [3.8, 4) is 17.2 Å². The molecule has 7 heteroatoms. The smallest absolute Gasteiger partial charge is 0.270 e. The number of para-hydroxylation sites is 1. The van der Waals surface area contributed by atoms with Gasteiger partial charge in [-0.3, -0.25) is 9.69 Å². The van der Waals surface area contributed by atoms with Crippen LogP contribution in [-0.4, -0.2) is 59.4 Å². The molecule has 1 saturated heterocycles. The van der Waals surface area contributed by atoms with Crippen molar-refractivity contribution in [2.45, 2.75) is 32.5 Å². The minimum Gasteiger partial charge on any atom is -0.486 e. The molecule has 0 saturated carbocycles. The maximum absolute atomic E-state index is 13.5. The Bertz CT molecular complexity index is 1180. The Hall–Kier alpha value is -3.19. The number of nitrogens with zero attached hydrogens (tertiary/aromatic N) is 3. The van der Waals surface area contributed by atoms with E-state index >= 15 is 0 Å². The van der Waals surface area contributed by atoms with Crippen LogP contribution in [0, 0.1) is 0 Å². The Morgan fingerprint density at radius 2 is 1.84 bits per heavy atom. The zero-order valence-corrected chi connectivity index (χ0v) is 18.3. The van der Waals surface area contributed by atoms with Crippen molar-refractivity contribution in [2.75, 3.05) is 33.0 Å². The molecule has 1 fully saturated rings. The van der Waals surface area contributed by atoms with Gasteiger partial charge in [0, 0.05) is 38.1 Å². The Balaban J connectivity index is 1.16. The van der Waals surface area contributed by atoms with Gasteiger partial charge in [0.05, 0.1) is 12.1 Å². The number of fused-ring (bicyclic) bond motifs is 1. The van der Waals surface area contributed by atoms with Crippen molar-refractivity contribution in [3.05, 3.63) is 53.7 Å². The van der Waals surface area contributed by atoms with Crippen LogP contribution in [0.4, 0.5) is 0 Å². The molecule has 0 bridgehead atoms. The summed E-state index contributed by atoms with van der Waals surface area (Å²) in [6.07, 6.45) is 1.02. The van der Waals surface area contributed by atoms with Crippen LogP contribution in [0.2, 0.25) is 0 Å². The fourth-order valence-electron chi connectivity index (χ4n) is 4.95. The quantitative estimate of drug-likeness (QED) is 0.630. The van der Waals surface area contributed by atoms with E-state index in [9.17, 15) is 4.79 Å². The largest absolute Gasteiger partial charge is 0.486 e. The second-order valence-corrected chi connectivity index (χ2v) is 8.74. The molecule has 166 valence electrons. The molecule has 3 aliphatic rings. The Morgan fingerprint density at radius 3 is 2.69 bits per heavy atom. The summed E-state index contributed by atoms with van der Waals surface area (Å²) in [5, 5.41) is 1.07. The Labute approximate surface area is 187 Å². The summed E-state index contributed by atoms with van der Waals surface area (Å²) < 4.78 is 19.2.